The van der Waals surface area contributed by atoms with E-state index >= 15 is 0 Å². The molecule has 1 rings (SSSR count). The Bertz CT molecular complexity index is 822. The van der Waals surface area contributed by atoms with E-state index in [-0.39, 0.29) is 6.61 Å². The summed E-state index contributed by atoms with van der Waals surface area (Å²) in [5.41, 5.74) is 4.77. The van der Waals surface area contributed by atoms with Crippen LogP contribution in [0, 0.1) is 13.8 Å². The molecule has 0 spiro atoms. The number of rotatable bonds is 10. The van der Waals surface area contributed by atoms with Crippen LogP contribution in [0.25, 0.3) is 0 Å². The first-order valence-electron chi connectivity index (χ1n) is 9.41. The number of halogens is 1. The largest absolute Gasteiger partial charge is 0.392 e. The molecule has 28 heavy (non-hydrogen) atoms. The van der Waals surface area contributed by atoms with Gasteiger partial charge in [0.25, 0.3) is 0 Å². The van der Waals surface area contributed by atoms with Crippen molar-refractivity contribution >= 4 is 11.8 Å². The zero-order valence-corrected chi connectivity index (χ0v) is 18.4. The monoisotopic (exact) mass is 401 g/mol. The molecule has 0 unspecified atom stereocenters. The molecular weight excluding hydrogens is 369 g/mol. The van der Waals surface area contributed by atoms with Crippen molar-refractivity contribution < 1.29 is 9.50 Å². The number of thioether (sulfide) groups is 1. The number of aliphatic hydroxyl groups excluding tert-OH is 1. The molecule has 1 N–H and O–H groups in total. The van der Waals surface area contributed by atoms with Crippen LogP contribution in [0.1, 0.15) is 37.6 Å². The zero-order chi connectivity index (χ0) is 21.1. The van der Waals surface area contributed by atoms with E-state index in [1.807, 2.05) is 71.1 Å². The van der Waals surface area contributed by atoms with E-state index in [0.717, 1.165) is 32.3 Å². The normalized spacial score (nSPS) is 13.9. The van der Waals surface area contributed by atoms with E-state index in [9.17, 15) is 9.50 Å². The fraction of sp³-hybridized carbons (Fsp3) is 0.333. The summed E-state index contributed by atoms with van der Waals surface area (Å²) < 4.78 is 15.8. The van der Waals surface area contributed by atoms with Crippen LogP contribution in [0.15, 0.2) is 76.3 Å². The minimum Gasteiger partial charge on any atom is -0.392 e. The highest BCUT2D eigenvalue weighted by Crippen LogP contribution is 2.37. The van der Waals surface area contributed by atoms with Crippen LogP contribution in [0.2, 0.25) is 0 Å². The molecule has 0 radical (unpaired) electrons. The Morgan fingerprint density at radius 2 is 1.89 bits per heavy atom. The lowest BCUT2D eigenvalue weighted by Crippen LogP contribution is -2.04. The number of hydrogen-bond donors (Lipinski definition) is 1. The standard InChI is InChI=1S/C24H32FNOS/c1-7-10-11-14-22(15-25)20(6)28-24-18(4)23(17-27)19(5)26(24)16-21(12-8-2)13-9-3/h7-14,27H,2,15-17H2,1,3-6H3/b10-7-,13-9-,14-11-,21-12+,22-20-. The number of nitrogens with zero attached hydrogens (tertiary/aromatic N) is 1. The van der Waals surface area contributed by atoms with Crippen LogP contribution in [0.5, 0.6) is 0 Å². The zero-order valence-electron chi connectivity index (χ0n) is 17.6. The number of allylic oxidation sites excluding steroid dienone is 11. The molecule has 0 amide bonds. The third kappa shape index (κ3) is 6.25. The van der Waals surface area contributed by atoms with Crippen molar-refractivity contribution in [1.82, 2.24) is 4.57 Å². The smallest absolute Gasteiger partial charge is 0.115 e. The molecule has 0 aromatic carbocycles. The molecule has 0 bridgehead atoms. The molecule has 1 aromatic heterocycles. The van der Waals surface area contributed by atoms with Gasteiger partial charge in [-0.15, -0.1) is 0 Å². The summed E-state index contributed by atoms with van der Waals surface area (Å²) in [6, 6.07) is 0. The van der Waals surface area contributed by atoms with E-state index in [2.05, 4.69) is 17.2 Å². The molecule has 0 saturated heterocycles. The van der Waals surface area contributed by atoms with Crippen molar-refractivity contribution in [2.24, 2.45) is 0 Å². The molecule has 1 heterocycles. The van der Waals surface area contributed by atoms with E-state index in [4.69, 9.17) is 0 Å². The predicted octanol–water partition coefficient (Wildman–Crippen LogP) is 6.75. The Labute approximate surface area is 173 Å². The van der Waals surface area contributed by atoms with Crippen LogP contribution >= 0.6 is 11.8 Å². The summed E-state index contributed by atoms with van der Waals surface area (Å²) in [6.07, 6.45) is 15.3. The SMILES string of the molecule is C=C/C=C(\C=C/C)Cn1c(C)c(CO)c(C)c1S/C(C)=C(/C=C\C=C/C)CF. The van der Waals surface area contributed by atoms with Gasteiger partial charge in [-0.2, -0.15) is 0 Å². The van der Waals surface area contributed by atoms with Crippen molar-refractivity contribution in [2.75, 3.05) is 6.67 Å². The molecule has 0 aliphatic carbocycles. The molecule has 0 aliphatic rings. The Morgan fingerprint density at radius 1 is 1.18 bits per heavy atom. The lowest BCUT2D eigenvalue weighted by Gasteiger charge is -2.14. The van der Waals surface area contributed by atoms with Gasteiger partial charge < -0.3 is 9.67 Å². The molecule has 0 aliphatic heterocycles. The summed E-state index contributed by atoms with van der Waals surface area (Å²) in [4.78, 5) is 0.912. The third-order valence-electron chi connectivity index (χ3n) is 4.52. The topological polar surface area (TPSA) is 25.2 Å². The van der Waals surface area contributed by atoms with Gasteiger partial charge in [0.1, 0.15) is 6.67 Å². The number of hydrogen-bond acceptors (Lipinski definition) is 2. The predicted molar refractivity (Wildman–Crippen MR) is 121 cm³/mol. The molecule has 0 saturated carbocycles. The van der Waals surface area contributed by atoms with Gasteiger partial charge >= 0.3 is 0 Å². The first-order valence-corrected chi connectivity index (χ1v) is 10.2. The van der Waals surface area contributed by atoms with Gasteiger partial charge in [-0.3, -0.25) is 0 Å². The first kappa shape index (κ1) is 24.0. The minimum atomic E-state index is -0.515. The van der Waals surface area contributed by atoms with Gasteiger partial charge in [0.15, 0.2) is 0 Å². The van der Waals surface area contributed by atoms with Crippen LogP contribution in [-0.2, 0) is 13.2 Å². The fourth-order valence-corrected chi connectivity index (χ4v) is 4.06. The molecule has 2 nitrogen and oxygen atoms in total. The van der Waals surface area contributed by atoms with Crippen LogP contribution in [-0.4, -0.2) is 16.3 Å². The minimum absolute atomic E-state index is 0.0116. The second-order valence-electron chi connectivity index (χ2n) is 6.42. The molecule has 0 fully saturated rings. The van der Waals surface area contributed by atoms with E-state index in [1.165, 1.54) is 0 Å². The summed E-state index contributed by atoms with van der Waals surface area (Å²) in [7, 11) is 0. The number of alkyl halides is 1. The average molecular weight is 402 g/mol. The number of aliphatic hydroxyl groups is 1. The van der Waals surface area contributed by atoms with Gasteiger partial charge in [0.05, 0.1) is 11.6 Å². The summed E-state index contributed by atoms with van der Waals surface area (Å²) in [5, 5.41) is 10.9. The summed E-state index contributed by atoms with van der Waals surface area (Å²) >= 11 is 1.56. The van der Waals surface area contributed by atoms with Crippen molar-refractivity contribution in [2.45, 2.75) is 52.8 Å². The summed E-state index contributed by atoms with van der Waals surface area (Å²) in [5.74, 6) is 0. The van der Waals surface area contributed by atoms with Gasteiger partial charge in [-0.25, -0.2) is 4.39 Å². The van der Waals surface area contributed by atoms with Crippen molar-refractivity contribution in [3.8, 4) is 0 Å². The molecule has 4 heteroatoms. The Kier molecular flexibility index (Phi) is 10.6. The molecule has 1 aromatic rings. The van der Waals surface area contributed by atoms with Gasteiger partial charge in [0, 0.05) is 17.8 Å². The highest BCUT2D eigenvalue weighted by Gasteiger charge is 2.19. The van der Waals surface area contributed by atoms with Gasteiger partial charge in [0.2, 0.25) is 0 Å². The van der Waals surface area contributed by atoms with E-state index < -0.39 is 6.67 Å². The molecule has 152 valence electrons. The van der Waals surface area contributed by atoms with Crippen molar-refractivity contribution in [3.63, 3.8) is 0 Å². The van der Waals surface area contributed by atoms with Crippen molar-refractivity contribution in [3.05, 3.63) is 88.1 Å². The average Bonchev–Trinajstić information content (AvgIpc) is 2.89. The third-order valence-corrected chi connectivity index (χ3v) is 5.81. The Hall–Kier alpha value is -2.04. The molecular formula is C24H32FNOS. The lowest BCUT2D eigenvalue weighted by molar-refractivity contribution is 0.280. The van der Waals surface area contributed by atoms with Crippen LogP contribution in [0.3, 0.4) is 0 Å². The number of aromatic nitrogens is 1. The maximum Gasteiger partial charge on any atom is 0.115 e. The highest BCUT2D eigenvalue weighted by molar-refractivity contribution is 8.03. The summed E-state index contributed by atoms with van der Waals surface area (Å²) in [6.45, 7) is 13.8. The van der Waals surface area contributed by atoms with Crippen LogP contribution < -0.4 is 0 Å². The van der Waals surface area contributed by atoms with Crippen molar-refractivity contribution in [1.29, 1.82) is 0 Å². The molecule has 0 atom stereocenters. The lowest BCUT2D eigenvalue weighted by atomic mass is 10.2. The Balaban J connectivity index is 3.45. The quantitative estimate of drug-likeness (QED) is 0.346. The maximum absolute atomic E-state index is 13.6. The van der Waals surface area contributed by atoms with Gasteiger partial charge in [-0.1, -0.05) is 66.9 Å². The van der Waals surface area contributed by atoms with E-state index in [0.29, 0.717) is 12.1 Å². The second kappa shape index (κ2) is 12.4. The van der Waals surface area contributed by atoms with E-state index in [1.54, 1.807) is 17.8 Å². The Morgan fingerprint density at radius 3 is 2.43 bits per heavy atom. The fourth-order valence-electron chi connectivity index (χ4n) is 2.93. The maximum atomic E-state index is 13.6. The van der Waals surface area contributed by atoms with Gasteiger partial charge in [-0.05, 0) is 56.2 Å². The highest BCUT2D eigenvalue weighted by atomic mass is 32.2. The second-order valence-corrected chi connectivity index (χ2v) is 7.62. The van der Waals surface area contributed by atoms with Crippen LogP contribution in [0.4, 0.5) is 4.39 Å². The first-order chi connectivity index (χ1) is 13.4.